The Morgan fingerprint density at radius 1 is 0.905 bits per heavy atom. The van der Waals surface area contributed by atoms with Crippen molar-refractivity contribution in [1.29, 1.82) is 0 Å². The highest BCUT2D eigenvalue weighted by Crippen LogP contribution is 2.21. The van der Waals surface area contributed by atoms with Crippen LogP contribution < -0.4 is 0 Å². The van der Waals surface area contributed by atoms with Gasteiger partial charge >= 0.3 is 0 Å². The molecule has 0 spiro atoms. The highest BCUT2D eigenvalue weighted by molar-refractivity contribution is 7.80. The van der Waals surface area contributed by atoms with Crippen LogP contribution in [0.1, 0.15) is 19.3 Å². The Morgan fingerprint density at radius 3 is 2.33 bits per heavy atom. The number of hydrogen-bond donors (Lipinski definition) is 5. The van der Waals surface area contributed by atoms with Crippen molar-refractivity contribution in [2.24, 2.45) is 0 Å². The summed E-state index contributed by atoms with van der Waals surface area (Å²) in [5.74, 6) is 0.875. The van der Waals surface area contributed by atoms with E-state index in [1.165, 1.54) is 0 Å². The van der Waals surface area contributed by atoms with Crippen LogP contribution in [-0.4, -0.2) is 83.3 Å². The molecule has 5 atom stereocenters. The number of thiol groups is 1. The Morgan fingerprint density at radius 2 is 1.67 bits per heavy atom. The summed E-state index contributed by atoms with van der Waals surface area (Å²) in [5.41, 5.74) is 0. The average Bonchev–Trinajstić information content (AvgIpc) is 2.49. The van der Waals surface area contributed by atoms with E-state index >= 15 is 0 Å². The van der Waals surface area contributed by atoms with Crippen LogP contribution in [0.25, 0.3) is 0 Å². The van der Waals surface area contributed by atoms with Crippen LogP contribution >= 0.6 is 12.6 Å². The third-order valence-electron chi connectivity index (χ3n) is 3.31. The molecule has 21 heavy (non-hydrogen) atoms. The van der Waals surface area contributed by atoms with Crippen molar-refractivity contribution >= 4 is 12.6 Å². The normalized spacial score (nSPS) is 33.3. The minimum Gasteiger partial charge on any atom is -0.394 e. The third-order valence-corrected chi connectivity index (χ3v) is 3.62. The van der Waals surface area contributed by atoms with Crippen molar-refractivity contribution in [2.45, 2.75) is 50.0 Å². The van der Waals surface area contributed by atoms with Gasteiger partial charge in [0.2, 0.25) is 0 Å². The molecule has 7 nitrogen and oxygen atoms in total. The van der Waals surface area contributed by atoms with E-state index in [0.717, 1.165) is 25.0 Å². The maximum absolute atomic E-state index is 9.73. The predicted molar refractivity (Wildman–Crippen MR) is 78.2 cm³/mol. The molecule has 0 radical (unpaired) electrons. The Bertz CT molecular complexity index is 267. The van der Waals surface area contributed by atoms with Crippen molar-refractivity contribution < 1.29 is 34.6 Å². The summed E-state index contributed by atoms with van der Waals surface area (Å²) < 4.78 is 15.8. The molecule has 0 amide bonds. The summed E-state index contributed by atoms with van der Waals surface area (Å²) >= 11 is 4.12. The van der Waals surface area contributed by atoms with Gasteiger partial charge in [0.05, 0.1) is 19.8 Å². The van der Waals surface area contributed by atoms with Gasteiger partial charge in [-0.25, -0.2) is 0 Å². The molecule has 1 aliphatic rings. The standard InChI is InChI=1S/C13H26O7S/c14-8-9-10(15)11(16)12(17)13(20-9)19-6-5-18-4-2-1-3-7-21/h9-17,21H,1-8H2. The quantitative estimate of drug-likeness (QED) is 0.257. The van der Waals surface area contributed by atoms with Crippen LogP contribution in [-0.2, 0) is 14.2 Å². The first-order valence-electron chi connectivity index (χ1n) is 7.22. The smallest absolute Gasteiger partial charge is 0.186 e. The molecule has 5 unspecified atom stereocenters. The molecule has 1 heterocycles. The monoisotopic (exact) mass is 326 g/mol. The number of aliphatic hydroxyl groups excluding tert-OH is 4. The molecular weight excluding hydrogens is 300 g/mol. The summed E-state index contributed by atoms with van der Waals surface area (Å²) in [4.78, 5) is 0. The second kappa shape index (κ2) is 10.7. The SMILES string of the molecule is OCC1OC(OCCOCCCCCS)C(O)C(O)C1O. The van der Waals surface area contributed by atoms with Crippen molar-refractivity contribution in [2.75, 3.05) is 32.2 Å². The van der Waals surface area contributed by atoms with Gasteiger partial charge in [-0.1, -0.05) is 6.42 Å². The van der Waals surface area contributed by atoms with Gasteiger partial charge in [-0.05, 0) is 18.6 Å². The maximum Gasteiger partial charge on any atom is 0.186 e. The number of unbranched alkanes of at least 4 members (excludes halogenated alkanes) is 2. The highest BCUT2D eigenvalue weighted by atomic mass is 32.1. The number of aliphatic hydroxyl groups is 4. The summed E-state index contributed by atoms with van der Waals surface area (Å²) in [7, 11) is 0. The summed E-state index contributed by atoms with van der Waals surface area (Å²) in [6.07, 6.45) is -3.09. The minimum absolute atomic E-state index is 0.190. The highest BCUT2D eigenvalue weighted by Gasteiger charge is 2.43. The molecule has 0 aliphatic carbocycles. The topological polar surface area (TPSA) is 109 Å². The van der Waals surface area contributed by atoms with Gasteiger partial charge in [0.15, 0.2) is 6.29 Å². The summed E-state index contributed by atoms with van der Waals surface area (Å²) in [6, 6.07) is 0. The summed E-state index contributed by atoms with van der Waals surface area (Å²) in [6.45, 7) is 0.698. The third kappa shape index (κ3) is 6.37. The molecule has 0 aromatic rings. The second-order valence-corrected chi connectivity index (χ2v) is 5.41. The van der Waals surface area contributed by atoms with E-state index in [4.69, 9.17) is 19.3 Å². The Kier molecular flexibility index (Phi) is 9.78. The second-order valence-electron chi connectivity index (χ2n) is 4.96. The van der Waals surface area contributed by atoms with E-state index in [1.807, 2.05) is 0 Å². The lowest BCUT2D eigenvalue weighted by Crippen LogP contribution is -2.59. The van der Waals surface area contributed by atoms with Crippen molar-refractivity contribution in [1.82, 2.24) is 0 Å². The Hall–Kier alpha value is 0.0700. The molecular formula is C13H26O7S. The van der Waals surface area contributed by atoms with Crippen LogP contribution in [0, 0.1) is 0 Å². The molecule has 1 fully saturated rings. The van der Waals surface area contributed by atoms with E-state index < -0.39 is 37.3 Å². The first-order chi connectivity index (χ1) is 10.1. The van der Waals surface area contributed by atoms with Gasteiger partial charge in [-0.2, -0.15) is 12.6 Å². The molecule has 1 saturated heterocycles. The maximum atomic E-state index is 9.73. The van der Waals surface area contributed by atoms with Gasteiger partial charge in [-0.15, -0.1) is 0 Å². The van der Waals surface area contributed by atoms with Gasteiger partial charge in [0.25, 0.3) is 0 Å². The lowest BCUT2D eigenvalue weighted by atomic mass is 9.99. The zero-order chi connectivity index (χ0) is 15.7. The fraction of sp³-hybridized carbons (Fsp3) is 1.00. The van der Waals surface area contributed by atoms with Crippen LogP contribution in [0.4, 0.5) is 0 Å². The average molecular weight is 326 g/mol. The lowest BCUT2D eigenvalue weighted by molar-refractivity contribution is -0.302. The van der Waals surface area contributed by atoms with Crippen molar-refractivity contribution in [3.63, 3.8) is 0 Å². The van der Waals surface area contributed by atoms with E-state index in [2.05, 4.69) is 12.6 Å². The van der Waals surface area contributed by atoms with Crippen LogP contribution in [0.5, 0.6) is 0 Å². The molecule has 126 valence electrons. The predicted octanol–water partition coefficient (Wildman–Crippen LogP) is -1.08. The lowest BCUT2D eigenvalue weighted by Gasteiger charge is -2.39. The van der Waals surface area contributed by atoms with Gasteiger partial charge < -0.3 is 34.6 Å². The van der Waals surface area contributed by atoms with Gasteiger partial charge in [-0.3, -0.25) is 0 Å². The fourth-order valence-electron chi connectivity index (χ4n) is 2.02. The molecule has 0 aromatic carbocycles. The van der Waals surface area contributed by atoms with Gasteiger partial charge in [0, 0.05) is 6.61 Å². The number of hydrogen-bond acceptors (Lipinski definition) is 8. The molecule has 4 N–H and O–H groups in total. The van der Waals surface area contributed by atoms with Gasteiger partial charge in [0.1, 0.15) is 24.4 Å². The van der Waals surface area contributed by atoms with Crippen molar-refractivity contribution in [3.05, 3.63) is 0 Å². The first-order valence-corrected chi connectivity index (χ1v) is 7.85. The summed E-state index contributed by atoms with van der Waals surface area (Å²) in [5, 5.41) is 38.0. The zero-order valence-electron chi connectivity index (χ0n) is 12.0. The molecule has 8 heteroatoms. The number of ether oxygens (including phenoxy) is 3. The Balaban J connectivity index is 2.16. The largest absolute Gasteiger partial charge is 0.394 e. The molecule has 0 saturated carbocycles. The van der Waals surface area contributed by atoms with Crippen molar-refractivity contribution in [3.8, 4) is 0 Å². The van der Waals surface area contributed by atoms with Crippen LogP contribution in [0.15, 0.2) is 0 Å². The van der Waals surface area contributed by atoms with E-state index in [9.17, 15) is 15.3 Å². The van der Waals surface area contributed by atoms with E-state index in [1.54, 1.807) is 0 Å². The van der Waals surface area contributed by atoms with E-state index in [0.29, 0.717) is 13.2 Å². The minimum atomic E-state index is -1.41. The van der Waals surface area contributed by atoms with Crippen LogP contribution in [0.2, 0.25) is 0 Å². The molecule has 0 aromatic heterocycles. The zero-order valence-corrected chi connectivity index (χ0v) is 12.9. The van der Waals surface area contributed by atoms with Crippen LogP contribution in [0.3, 0.4) is 0 Å². The molecule has 1 aliphatic heterocycles. The first kappa shape index (κ1) is 19.1. The molecule has 0 bridgehead atoms. The fourth-order valence-corrected chi connectivity index (χ4v) is 2.25. The van der Waals surface area contributed by atoms with E-state index in [-0.39, 0.29) is 6.61 Å². The number of rotatable bonds is 10. The Labute approximate surface area is 130 Å². The molecule has 1 rings (SSSR count).